The lowest BCUT2D eigenvalue weighted by atomic mass is 9.84. The van der Waals surface area contributed by atoms with Crippen molar-refractivity contribution in [3.8, 4) is 0 Å². The molecule has 0 aromatic heterocycles. The smallest absolute Gasteiger partial charge is 0.269 e. The molecule has 0 spiro atoms. The van der Waals surface area contributed by atoms with Crippen molar-refractivity contribution in [2.45, 2.75) is 49.5 Å². The maximum Gasteiger partial charge on any atom is 0.269 e. The van der Waals surface area contributed by atoms with E-state index in [0.717, 1.165) is 6.42 Å². The van der Waals surface area contributed by atoms with Gasteiger partial charge in [-0.05, 0) is 24.5 Å². The Hall–Kier alpha value is -1.51. The summed E-state index contributed by atoms with van der Waals surface area (Å²) in [6, 6.07) is 5.15. The van der Waals surface area contributed by atoms with Crippen LogP contribution in [-0.4, -0.2) is 43.3 Å². The summed E-state index contributed by atoms with van der Waals surface area (Å²) in [5, 5.41) is 14.1. The molecule has 7 nitrogen and oxygen atoms in total. The second-order valence-electron chi connectivity index (χ2n) is 6.96. The van der Waals surface area contributed by atoms with Gasteiger partial charge in [-0.15, -0.1) is 0 Å². The van der Waals surface area contributed by atoms with Crippen molar-refractivity contribution in [3.63, 3.8) is 0 Å². The maximum absolute atomic E-state index is 13.0. The molecule has 1 aromatic carbocycles. The van der Waals surface area contributed by atoms with E-state index >= 15 is 0 Å². The summed E-state index contributed by atoms with van der Waals surface area (Å²) in [6.07, 6.45) is 7.01. The van der Waals surface area contributed by atoms with Crippen LogP contribution in [0.3, 0.4) is 0 Å². The van der Waals surface area contributed by atoms with Gasteiger partial charge in [0, 0.05) is 37.8 Å². The Labute approximate surface area is 148 Å². The van der Waals surface area contributed by atoms with E-state index in [-0.39, 0.29) is 16.6 Å². The number of nitro benzene ring substituents is 1. The number of nitrogens with zero attached hydrogens (tertiary/aromatic N) is 2. The molecule has 25 heavy (non-hydrogen) atoms. The fourth-order valence-corrected chi connectivity index (χ4v) is 5.58. The molecule has 8 heteroatoms. The van der Waals surface area contributed by atoms with E-state index in [9.17, 15) is 18.5 Å². The minimum atomic E-state index is -3.63. The molecular formula is C17H25N3O4S. The van der Waals surface area contributed by atoms with Crippen LogP contribution >= 0.6 is 0 Å². The van der Waals surface area contributed by atoms with E-state index in [4.69, 9.17) is 0 Å². The Morgan fingerprint density at radius 2 is 1.84 bits per heavy atom. The van der Waals surface area contributed by atoms with Crippen LogP contribution in [0.1, 0.15) is 38.5 Å². The number of nitrogens with one attached hydrogen (secondary N) is 1. The number of sulfonamides is 1. The van der Waals surface area contributed by atoms with Crippen LogP contribution in [0.25, 0.3) is 0 Å². The molecule has 2 aliphatic rings. The van der Waals surface area contributed by atoms with Crippen molar-refractivity contribution in [3.05, 3.63) is 34.4 Å². The molecule has 0 unspecified atom stereocenters. The van der Waals surface area contributed by atoms with Crippen molar-refractivity contribution in [2.24, 2.45) is 5.92 Å². The van der Waals surface area contributed by atoms with Gasteiger partial charge >= 0.3 is 0 Å². The third-order valence-electron chi connectivity index (χ3n) is 5.28. The normalized spacial score (nSPS) is 23.4. The van der Waals surface area contributed by atoms with Crippen LogP contribution in [0.5, 0.6) is 0 Å². The van der Waals surface area contributed by atoms with Crippen LogP contribution in [-0.2, 0) is 10.0 Å². The molecule has 1 heterocycles. The largest absolute Gasteiger partial charge is 0.314 e. The molecule has 0 radical (unpaired) electrons. The lowest BCUT2D eigenvalue weighted by molar-refractivity contribution is -0.384. The van der Waals surface area contributed by atoms with Gasteiger partial charge in [0.2, 0.25) is 10.0 Å². The molecule has 1 aliphatic heterocycles. The molecule has 1 aliphatic carbocycles. The molecule has 1 atom stereocenters. The molecule has 1 saturated carbocycles. The quantitative estimate of drug-likeness (QED) is 0.638. The van der Waals surface area contributed by atoms with E-state index in [1.54, 1.807) is 4.31 Å². The van der Waals surface area contributed by atoms with Crippen LogP contribution in [0.15, 0.2) is 29.2 Å². The topological polar surface area (TPSA) is 92.5 Å². The van der Waals surface area contributed by atoms with Gasteiger partial charge in [0.15, 0.2) is 0 Å². The molecule has 0 bridgehead atoms. The van der Waals surface area contributed by atoms with Gasteiger partial charge in [0.25, 0.3) is 5.69 Å². The number of hydrogen-bond acceptors (Lipinski definition) is 5. The third-order valence-corrected chi connectivity index (χ3v) is 7.25. The second kappa shape index (κ2) is 7.80. The zero-order valence-electron chi connectivity index (χ0n) is 14.3. The maximum atomic E-state index is 13.0. The Kier molecular flexibility index (Phi) is 5.71. The number of rotatable bonds is 5. The minimum Gasteiger partial charge on any atom is -0.314 e. The number of hydrogen-bond donors (Lipinski definition) is 1. The molecule has 1 N–H and O–H groups in total. The Morgan fingerprint density at radius 1 is 1.16 bits per heavy atom. The Bertz CT molecular complexity index is 699. The zero-order chi connectivity index (χ0) is 17.9. The monoisotopic (exact) mass is 367 g/mol. The van der Waals surface area contributed by atoms with Crippen molar-refractivity contribution < 1.29 is 13.3 Å². The lowest BCUT2D eigenvalue weighted by Gasteiger charge is -2.37. The summed E-state index contributed by atoms with van der Waals surface area (Å²) in [5.41, 5.74) is -0.0991. The first kappa shape index (κ1) is 18.3. The summed E-state index contributed by atoms with van der Waals surface area (Å²) in [5.74, 6) is 0.591. The minimum absolute atomic E-state index is 0.0444. The van der Waals surface area contributed by atoms with Crippen LogP contribution in [0, 0.1) is 16.0 Å². The number of piperazine rings is 1. The molecular weight excluding hydrogens is 342 g/mol. The van der Waals surface area contributed by atoms with Crippen molar-refractivity contribution >= 4 is 15.7 Å². The molecule has 2 fully saturated rings. The van der Waals surface area contributed by atoms with Gasteiger partial charge in [-0.2, -0.15) is 4.31 Å². The van der Waals surface area contributed by atoms with E-state index in [0.29, 0.717) is 25.6 Å². The van der Waals surface area contributed by atoms with E-state index < -0.39 is 14.9 Å². The summed E-state index contributed by atoms with van der Waals surface area (Å²) in [4.78, 5) is 10.4. The third kappa shape index (κ3) is 4.19. The van der Waals surface area contributed by atoms with Gasteiger partial charge in [-0.3, -0.25) is 10.1 Å². The number of nitro groups is 1. The highest BCUT2D eigenvalue weighted by molar-refractivity contribution is 7.89. The Balaban J connectivity index is 1.78. The van der Waals surface area contributed by atoms with Gasteiger partial charge in [-0.1, -0.05) is 32.1 Å². The van der Waals surface area contributed by atoms with Crippen molar-refractivity contribution in [2.75, 3.05) is 19.6 Å². The average molecular weight is 367 g/mol. The van der Waals surface area contributed by atoms with E-state index in [1.807, 2.05) is 0 Å². The highest BCUT2D eigenvalue weighted by atomic mass is 32.2. The van der Waals surface area contributed by atoms with E-state index in [1.165, 1.54) is 56.4 Å². The second-order valence-corrected chi connectivity index (χ2v) is 8.86. The van der Waals surface area contributed by atoms with Gasteiger partial charge < -0.3 is 5.32 Å². The van der Waals surface area contributed by atoms with Crippen LogP contribution in [0.2, 0.25) is 0 Å². The van der Waals surface area contributed by atoms with Gasteiger partial charge in [0.1, 0.15) is 0 Å². The number of benzene rings is 1. The highest BCUT2D eigenvalue weighted by Gasteiger charge is 2.35. The lowest BCUT2D eigenvalue weighted by Crippen LogP contribution is -2.54. The summed E-state index contributed by atoms with van der Waals surface area (Å²) in [6.45, 7) is 1.74. The highest BCUT2D eigenvalue weighted by Crippen LogP contribution is 2.31. The fourth-order valence-electron chi connectivity index (χ4n) is 3.94. The zero-order valence-corrected chi connectivity index (χ0v) is 15.1. The van der Waals surface area contributed by atoms with Crippen molar-refractivity contribution in [1.82, 2.24) is 9.62 Å². The molecule has 1 aromatic rings. The fraction of sp³-hybridized carbons (Fsp3) is 0.647. The first-order valence-electron chi connectivity index (χ1n) is 8.95. The molecule has 0 amide bonds. The molecule has 3 rings (SSSR count). The predicted molar refractivity (Wildman–Crippen MR) is 94.8 cm³/mol. The molecule has 138 valence electrons. The summed E-state index contributed by atoms with van der Waals surface area (Å²) in [7, 11) is -3.63. The molecule has 1 saturated heterocycles. The van der Waals surface area contributed by atoms with E-state index in [2.05, 4.69) is 5.32 Å². The van der Waals surface area contributed by atoms with Crippen LogP contribution < -0.4 is 5.32 Å². The van der Waals surface area contributed by atoms with Gasteiger partial charge in [0.05, 0.1) is 9.82 Å². The van der Waals surface area contributed by atoms with Crippen molar-refractivity contribution in [1.29, 1.82) is 0 Å². The average Bonchev–Trinajstić information content (AvgIpc) is 2.63. The standard InChI is InChI=1S/C17H25N3O4S/c21-20(22)15-6-8-17(9-7-15)25(23,24)19-11-10-18-13-16(19)12-14-4-2-1-3-5-14/h6-9,14,16,18H,1-5,10-13H2/t16-/m0/s1. The first-order valence-corrected chi connectivity index (χ1v) is 10.4. The van der Waals surface area contributed by atoms with Gasteiger partial charge in [-0.25, -0.2) is 8.42 Å². The Morgan fingerprint density at radius 3 is 2.48 bits per heavy atom. The predicted octanol–water partition coefficient (Wildman–Crippen LogP) is 2.53. The SMILES string of the molecule is O=[N+]([O-])c1ccc(S(=O)(=O)N2CCNC[C@@H]2CC2CCCCC2)cc1. The summed E-state index contributed by atoms with van der Waals surface area (Å²) >= 11 is 0. The summed E-state index contributed by atoms with van der Waals surface area (Å²) < 4.78 is 27.7. The number of non-ortho nitro benzene ring substituents is 1. The first-order chi connectivity index (χ1) is 12.0. The van der Waals surface area contributed by atoms with Crippen LogP contribution in [0.4, 0.5) is 5.69 Å².